The molecule has 0 amide bonds. The third-order valence-corrected chi connectivity index (χ3v) is 6.41. The molecular formula is C28H33N. The first kappa shape index (κ1) is 21.0. The Morgan fingerprint density at radius 2 is 1.69 bits per heavy atom. The lowest BCUT2D eigenvalue weighted by Crippen LogP contribution is -2.30. The summed E-state index contributed by atoms with van der Waals surface area (Å²) in [7, 11) is 0. The van der Waals surface area contributed by atoms with Gasteiger partial charge < -0.3 is 0 Å². The van der Waals surface area contributed by atoms with Gasteiger partial charge in [0.15, 0.2) is 0 Å². The van der Waals surface area contributed by atoms with Crippen LogP contribution in [0, 0.1) is 19.8 Å². The largest absolute Gasteiger partial charge is 0.256 e. The molecule has 0 saturated heterocycles. The number of nitrogens with zero attached hydrogens (tertiary/aromatic N) is 1. The highest BCUT2D eigenvalue weighted by molar-refractivity contribution is 5.75. The van der Waals surface area contributed by atoms with Crippen LogP contribution >= 0.6 is 0 Å². The SMILES string of the molecule is C=CC(CC)C(C)(CC)c1ccc(-c2cc(C)cc(C)c2)cc1-c1ccccn1. The fourth-order valence-electron chi connectivity index (χ4n) is 4.63. The van der Waals surface area contributed by atoms with E-state index in [1.165, 1.54) is 33.4 Å². The van der Waals surface area contributed by atoms with Gasteiger partial charge in [-0.25, -0.2) is 0 Å². The summed E-state index contributed by atoms with van der Waals surface area (Å²) in [6.07, 6.45) is 6.15. The highest BCUT2D eigenvalue weighted by Crippen LogP contribution is 2.43. The van der Waals surface area contributed by atoms with Crippen molar-refractivity contribution in [2.24, 2.45) is 5.92 Å². The molecule has 3 rings (SSSR count). The van der Waals surface area contributed by atoms with Crippen molar-refractivity contribution in [3.63, 3.8) is 0 Å². The predicted molar refractivity (Wildman–Crippen MR) is 126 cm³/mol. The number of benzene rings is 2. The lowest BCUT2D eigenvalue weighted by atomic mass is 9.67. The van der Waals surface area contributed by atoms with E-state index in [9.17, 15) is 0 Å². The molecule has 0 aliphatic carbocycles. The normalized spacial score (nSPS) is 14.2. The van der Waals surface area contributed by atoms with Crippen molar-refractivity contribution < 1.29 is 0 Å². The van der Waals surface area contributed by atoms with Crippen LogP contribution in [-0.2, 0) is 5.41 Å². The van der Waals surface area contributed by atoms with Crippen LogP contribution in [0.5, 0.6) is 0 Å². The van der Waals surface area contributed by atoms with Crippen LogP contribution in [0.1, 0.15) is 50.3 Å². The smallest absolute Gasteiger partial charge is 0.0705 e. The van der Waals surface area contributed by atoms with Gasteiger partial charge in [-0.3, -0.25) is 4.98 Å². The monoisotopic (exact) mass is 383 g/mol. The van der Waals surface area contributed by atoms with Crippen LogP contribution in [0.25, 0.3) is 22.4 Å². The Morgan fingerprint density at radius 3 is 2.24 bits per heavy atom. The summed E-state index contributed by atoms with van der Waals surface area (Å²) in [6, 6.07) is 19.9. The standard InChI is InChI=1S/C28H33N/c1-7-24(8-2)28(6,9-3)26-14-13-22(23-17-20(4)16-21(5)18-23)19-25(26)27-12-10-11-15-29-27/h7,10-19,24H,1,8-9H2,2-6H3. The van der Waals surface area contributed by atoms with Gasteiger partial charge in [-0.1, -0.05) is 74.4 Å². The van der Waals surface area contributed by atoms with Crippen LogP contribution in [0.4, 0.5) is 0 Å². The van der Waals surface area contributed by atoms with E-state index >= 15 is 0 Å². The second kappa shape index (κ2) is 8.78. The van der Waals surface area contributed by atoms with E-state index in [1.54, 1.807) is 0 Å². The van der Waals surface area contributed by atoms with E-state index in [0.717, 1.165) is 18.5 Å². The summed E-state index contributed by atoms with van der Waals surface area (Å²) in [6.45, 7) is 15.4. The van der Waals surface area contributed by atoms with Gasteiger partial charge in [0.2, 0.25) is 0 Å². The minimum atomic E-state index is 0.0183. The minimum absolute atomic E-state index is 0.0183. The van der Waals surface area contributed by atoms with Gasteiger partial charge in [0.1, 0.15) is 0 Å². The van der Waals surface area contributed by atoms with Crippen molar-refractivity contribution in [1.82, 2.24) is 4.98 Å². The Kier molecular flexibility index (Phi) is 6.37. The first-order valence-corrected chi connectivity index (χ1v) is 10.7. The molecule has 150 valence electrons. The summed E-state index contributed by atoms with van der Waals surface area (Å²) in [5, 5.41) is 0. The first-order chi connectivity index (χ1) is 13.9. The van der Waals surface area contributed by atoms with Gasteiger partial charge in [-0.2, -0.15) is 0 Å². The van der Waals surface area contributed by atoms with Crippen molar-refractivity contribution in [3.05, 3.63) is 90.1 Å². The molecule has 1 nitrogen and oxygen atoms in total. The Bertz CT molecular complexity index is 966. The van der Waals surface area contributed by atoms with Gasteiger partial charge in [-0.15, -0.1) is 6.58 Å². The topological polar surface area (TPSA) is 12.9 Å². The number of pyridine rings is 1. The maximum absolute atomic E-state index is 4.71. The van der Waals surface area contributed by atoms with E-state index < -0.39 is 0 Å². The number of aryl methyl sites for hydroxylation is 2. The van der Waals surface area contributed by atoms with E-state index in [2.05, 4.69) is 95.8 Å². The van der Waals surface area contributed by atoms with Crippen molar-refractivity contribution in [1.29, 1.82) is 0 Å². The summed E-state index contributed by atoms with van der Waals surface area (Å²) in [4.78, 5) is 4.71. The zero-order valence-corrected chi connectivity index (χ0v) is 18.5. The van der Waals surface area contributed by atoms with Crippen molar-refractivity contribution in [3.8, 4) is 22.4 Å². The van der Waals surface area contributed by atoms with Crippen LogP contribution in [-0.4, -0.2) is 4.98 Å². The molecule has 3 aromatic rings. The molecule has 2 aromatic carbocycles. The van der Waals surface area contributed by atoms with Crippen LogP contribution in [0.15, 0.2) is 73.4 Å². The number of rotatable bonds is 7. The average molecular weight is 384 g/mol. The molecule has 29 heavy (non-hydrogen) atoms. The molecule has 0 spiro atoms. The molecule has 1 heterocycles. The molecule has 2 unspecified atom stereocenters. The third-order valence-electron chi connectivity index (χ3n) is 6.41. The first-order valence-electron chi connectivity index (χ1n) is 10.7. The Balaban J connectivity index is 2.26. The predicted octanol–water partition coefficient (Wildman–Crippen LogP) is 7.91. The lowest BCUT2D eigenvalue weighted by Gasteiger charge is -2.37. The summed E-state index contributed by atoms with van der Waals surface area (Å²) < 4.78 is 0. The van der Waals surface area contributed by atoms with Gasteiger partial charge in [0, 0.05) is 11.8 Å². The van der Waals surface area contributed by atoms with Crippen molar-refractivity contribution in [2.75, 3.05) is 0 Å². The Morgan fingerprint density at radius 1 is 0.966 bits per heavy atom. The van der Waals surface area contributed by atoms with E-state index in [1.807, 2.05) is 12.3 Å². The van der Waals surface area contributed by atoms with Gasteiger partial charge in [0.05, 0.1) is 5.69 Å². The third kappa shape index (κ3) is 4.19. The highest BCUT2D eigenvalue weighted by atomic mass is 14.7. The lowest BCUT2D eigenvalue weighted by molar-refractivity contribution is 0.329. The second-order valence-corrected chi connectivity index (χ2v) is 8.37. The van der Waals surface area contributed by atoms with E-state index in [4.69, 9.17) is 4.98 Å². The number of aromatic nitrogens is 1. The number of allylic oxidation sites excluding steroid dienone is 1. The number of hydrogen-bond donors (Lipinski definition) is 0. The Hall–Kier alpha value is -2.67. The molecule has 1 aromatic heterocycles. The maximum Gasteiger partial charge on any atom is 0.0705 e. The summed E-state index contributed by atoms with van der Waals surface area (Å²) >= 11 is 0. The molecule has 0 aliphatic heterocycles. The molecule has 0 N–H and O–H groups in total. The molecule has 0 fully saturated rings. The second-order valence-electron chi connectivity index (χ2n) is 8.37. The van der Waals surface area contributed by atoms with Gasteiger partial charge >= 0.3 is 0 Å². The van der Waals surface area contributed by atoms with Crippen LogP contribution < -0.4 is 0 Å². The van der Waals surface area contributed by atoms with Crippen molar-refractivity contribution in [2.45, 2.75) is 52.9 Å². The molecule has 0 saturated carbocycles. The molecule has 2 atom stereocenters. The average Bonchev–Trinajstić information content (AvgIpc) is 2.74. The summed E-state index contributed by atoms with van der Waals surface area (Å²) in [5.74, 6) is 0.419. The molecule has 0 bridgehead atoms. The molecular weight excluding hydrogens is 350 g/mol. The van der Waals surface area contributed by atoms with Gasteiger partial charge in [-0.05, 0) is 72.9 Å². The summed E-state index contributed by atoms with van der Waals surface area (Å²) in [5.41, 5.74) is 8.73. The Labute approximate surface area is 176 Å². The molecule has 0 aliphatic rings. The highest BCUT2D eigenvalue weighted by Gasteiger charge is 2.34. The maximum atomic E-state index is 4.71. The van der Waals surface area contributed by atoms with E-state index in [0.29, 0.717) is 5.92 Å². The molecule has 1 heteroatoms. The van der Waals surface area contributed by atoms with Crippen LogP contribution in [0.2, 0.25) is 0 Å². The molecule has 0 radical (unpaired) electrons. The van der Waals surface area contributed by atoms with Crippen LogP contribution in [0.3, 0.4) is 0 Å². The zero-order chi connectivity index (χ0) is 21.0. The zero-order valence-electron chi connectivity index (χ0n) is 18.5. The van der Waals surface area contributed by atoms with Crippen molar-refractivity contribution >= 4 is 0 Å². The van der Waals surface area contributed by atoms with Gasteiger partial charge in [0.25, 0.3) is 0 Å². The minimum Gasteiger partial charge on any atom is -0.256 e. The fraction of sp³-hybridized carbons (Fsp3) is 0.321. The quantitative estimate of drug-likeness (QED) is 0.378. The van der Waals surface area contributed by atoms with E-state index in [-0.39, 0.29) is 5.41 Å². The number of hydrogen-bond acceptors (Lipinski definition) is 1. The fourth-order valence-corrected chi connectivity index (χ4v) is 4.63.